The summed E-state index contributed by atoms with van der Waals surface area (Å²) in [5.41, 5.74) is 2.30. The zero-order chi connectivity index (χ0) is 14.3. The van der Waals surface area contributed by atoms with Crippen molar-refractivity contribution in [1.29, 1.82) is 0 Å². The Morgan fingerprint density at radius 3 is 2.74 bits per heavy atom. The molecule has 1 aromatic heterocycles. The summed E-state index contributed by atoms with van der Waals surface area (Å²) in [5, 5.41) is 11.1. The lowest BCUT2D eigenvalue weighted by atomic mass is 10.3. The number of nitrogens with one attached hydrogen (secondary N) is 2. The number of nitrogens with zero attached hydrogens (tertiary/aromatic N) is 3. The molecule has 1 unspecified atom stereocenters. The molecule has 0 aliphatic heterocycles. The second-order valence-corrected chi connectivity index (χ2v) is 4.96. The smallest absolute Gasteiger partial charge is 0.191 e. The van der Waals surface area contributed by atoms with E-state index in [0.29, 0.717) is 6.04 Å². The van der Waals surface area contributed by atoms with E-state index in [2.05, 4.69) is 52.2 Å². The van der Waals surface area contributed by atoms with Crippen LogP contribution in [0.5, 0.6) is 0 Å². The van der Waals surface area contributed by atoms with E-state index in [1.165, 1.54) is 5.69 Å². The van der Waals surface area contributed by atoms with Crippen LogP contribution < -0.4 is 10.6 Å². The molecular formula is C14H27N5. The lowest BCUT2D eigenvalue weighted by Gasteiger charge is -2.16. The summed E-state index contributed by atoms with van der Waals surface area (Å²) in [6.45, 7) is 10.3. The van der Waals surface area contributed by atoms with E-state index >= 15 is 0 Å². The van der Waals surface area contributed by atoms with Gasteiger partial charge in [0.1, 0.15) is 0 Å². The quantitative estimate of drug-likeness (QED) is 0.469. The third kappa shape index (κ3) is 5.32. The molecule has 0 saturated heterocycles. The van der Waals surface area contributed by atoms with Crippen LogP contribution >= 0.6 is 0 Å². The fourth-order valence-corrected chi connectivity index (χ4v) is 1.87. The van der Waals surface area contributed by atoms with Crippen LogP contribution in [0.4, 0.5) is 0 Å². The summed E-state index contributed by atoms with van der Waals surface area (Å²) in [5.74, 6) is 0.878. The summed E-state index contributed by atoms with van der Waals surface area (Å²) < 4.78 is 2.06. The lowest BCUT2D eigenvalue weighted by molar-refractivity contribution is 0.551. The van der Waals surface area contributed by atoms with Crippen LogP contribution in [0.15, 0.2) is 11.1 Å². The van der Waals surface area contributed by atoms with E-state index in [-0.39, 0.29) is 0 Å². The highest BCUT2D eigenvalue weighted by Crippen LogP contribution is 2.02. The zero-order valence-corrected chi connectivity index (χ0v) is 12.8. The van der Waals surface area contributed by atoms with Crippen molar-refractivity contribution in [2.24, 2.45) is 4.99 Å². The van der Waals surface area contributed by atoms with Crippen LogP contribution in [0, 0.1) is 13.8 Å². The lowest BCUT2D eigenvalue weighted by Crippen LogP contribution is -2.42. The number of aliphatic imine (C=N–C) groups is 1. The van der Waals surface area contributed by atoms with Crippen molar-refractivity contribution in [3.63, 3.8) is 0 Å². The Labute approximate surface area is 116 Å². The normalized spacial score (nSPS) is 13.4. The molecule has 1 rings (SSSR count). The predicted octanol–water partition coefficient (Wildman–Crippen LogP) is 1.85. The third-order valence-electron chi connectivity index (χ3n) is 3.16. The van der Waals surface area contributed by atoms with Gasteiger partial charge in [-0.05, 0) is 39.7 Å². The molecule has 1 atom stereocenters. The molecule has 0 fully saturated rings. The number of hydrogen-bond donors (Lipinski definition) is 2. The van der Waals surface area contributed by atoms with Crippen LogP contribution in [-0.4, -0.2) is 35.4 Å². The third-order valence-corrected chi connectivity index (χ3v) is 3.16. The molecular weight excluding hydrogens is 238 g/mol. The summed E-state index contributed by atoms with van der Waals surface area (Å²) in [6.07, 6.45) is 2.12. The van der Waals surface area contributed by atoms with Crippen molar-refractivity contribution < 1.29 is 0 Å². The number of aryl methyl sites for hydroxylation is 3. The molecule has 0 saturated carbocycles. The van der Waals surface area contributed by atoms with Crippen molar-refractivity contribution in [3.8, 4) is 0 Å². The van der Waals surface area contributed by atoms with Crippen LogP contribution in [0.1, 0.15) is 38.1 Å². The molecule has 0 aliphatic carbocycles. The first kappa shape index (κ1) is 15.5. The second-order valence-electron chi connectivity index (χ2n) is 4.96. The van der Waals surface area contributed by atoms with Gasteiger partial charge >= 0.3 is 0 Å². The molecule has 5 nitrogen and oxygen atoms in total. The van der Waals surface area contributed by atoms with Gasteiger partial charge in [0.05, 0.1) is 5.69 Å². The largest absolute Gasteiger partial charge is 0.356 e. The molecule has 19 heavy (non-hydrogen) atoms. The predicted molar refractivity (Wildman–Crippen MR) is 80.6 cm³/mol. The number of hydrogen-bond acceptors (Lipinski definition) is 2. The minimum atomic E-state index is 0.446. The van der Waals surface area contributed by atoms with Gasteiger partial charge in [-0.1, -0.05) is 6.92 Å². The van der Waals surface area contributed by atoms with Gasteiger partial charge < -0.3 is 10.6 Å². The molecule has 1 aromatic rings. The van der Waals surface area contributed by atoms with Crippen molar-refractivity contribution in [2.75, 3.05) is 13.6 Å². The SMILES string of the molecule is CCC(C)NC(=NC)NCCCn1nc(C)cc1C. The van der Waals surface area contributed by atoms with Crippen molar-refractivity contribution in [1.82, 2.24) is 20.4 Å². The van der Waals surface area contributed by atoms with Gasteiger partial charge in [0.2, 0.25) is 0 Å². The molecule has 0 aliphatic rings. The fraction of sp³-hybridized carbons (Fsp3) is 0.714. The molecule has 0 aromatic carbocycles. The Balaban J connectivity index is 2.28. The van der Waals surface area contributed by atoms with E-state index in [0.717, 1.165) is 37.6 Å². The average molecular weight is 265 g/mol. The molecule has 1 heterocycles. The highest BCUT2D eigenvalue weighted by molar-refractivity contribution is 5.79. The van der Waals surface area contributed by atoms with Crippen LogP contribution in [0.25, 0.3) is 0 Å². The van der Waals surface area contributed by atoms with Gasteiger partial charge in [0.15, 0.2) is 5.96 Å². The maximum Gasteiger partial charge on any atom is 0.191 e. The maximum absolute atomic E-state index is 4.45. The van der Waals surface area contributed by atoms with Crippen molar-refractivity contribution in [2.45, 2.75) is 53.1 Å². The summed E-state index contributed by atoms with van der Waals surface area (Å²) in [6, 6.07) is 2.55. The van der Waals surface area contributed by atoms with Crippen LogP contribution in [0.3, 0.4) is 0 Å². The topological polar surface area (TPSA) is 54.2 Å². The van der Waals surface area contributed by atoms with E-state index < -0.39 is 0 Å². The minimum absolute atomic E-state index is 0.446. The fourth-order valence-electron chi connectivity index (χ4n) is 1.87. The Morgan fingerprint density at radius 2 is 2.21 bits per heavy atom. The van der Waals surface area contributed by atoms with Gasteiger partial charge in [-0.3, -0.25) is 9.67 Å². The van der Waals surface area contributed by atoms with Gasteiger partial charge in [-0.25, -0.2) is 0 Å². The first-order valence-electron chi connectivity index (χ1n) is 7.05. The summed E-state index contributed by atoms with van der Waals surface area (Å²) in [7, 11) is 1.80. The van der Waals surface area contributed by atoms with Crippen LogP contribution in [0.2, 0.25) is 0 Å². The summed E-state index contributed by atoms with van der Waals surface area (Å²) in [4.78, 5) is 4.21. The molecule has 0 amide bonds. The number of aromatic nitrogens is 2. The molecule has 5 heteroatoms. The van der Waals surface area contributed by atoms with E-state index in [1.54, 1.807) is 7.05 Å². The molecule has 0 bridgehead atoms. The van der Waals surface area contributed by atoms with E-state index in [4.69, 9.17) is 0 Å². The Bertz CT molecular complexity index is 408. The van der Waals surface area contributed by atoms with Crippen molar-refractivity contribution in [3.05, 3.63) is 17.5 Å². The zero-order valence-electron chi connectivity index (χ0n) is 12.8. The maximum atomic E-state index is 4.45. The van der Waals surface area contributed by atoms with Gasteiger partial charge in [-0.15, -0.1) is 0 Å². The highest BCUT2D eigenvalue weighted by atomic mass is 15.3. The average Bonchev–Trinajstić information content (AvgIpc) is 2.71. The Kier molecular flexibility index (Phi) is 6.39. The minimum Gasteiger partial charge on any atom is -0.356 e. The Hall–Kier alpha value is -1.52. The molecule has 0 radical (unpaired) electrons. The van der Waals surface area contributed by atoms with Gasteiger partial charge in [-0.2, -0.15) is 5.10 Å². The van der Waals surface area contributed by atoms with Crippen LogP contribution in [-0.2, 0) is 6.54 Å². The van der Waals surface area contributed by atoms with Crippen molar-refractivity contribution >= 4 is 5.96 Å². The number of rotatable bonds is 6. The number of guanidine groups is 1. The Morgan fingerprint density at radius 1 is 1.47 bits per heavy atom. The highest BCUT2D eigenvalue weighted by Gasteiger charge is 2.03. The monoisotopic (exact) mass is 265 g/mol. The first-order valence-corrected chi connectivity index (χ1v) is 7.05. The van der Waals surface area contributed by atoms with E-state index in [1.807, 2.05) is 6.92 Å². The van der Waals surface area contributed by atoms with Gasteiger partial charge in [0.25, 0.3) is 0 Å². The standard InChI is InChI=1S/C14H27N5/c1-6-11(2)17-14(15-5)16-8-7-9-19-13(4)10-12(3)18-19/h10-11H,6-9H2,1-5H3,(H2,15,16,17). The molecule has 2 N–H and O–H groups in total. The summed E-state index contributed by atoms with van der Waals surface area (Å²) >= 11 is 0. The van der Waals surface area contributed by atoms with E-state index in [9.17, 15) is 0 Å². The first-order chi connectivity index (χ1) is 9.06. The molecule has 108 valence electrons. The molecule has 0 spiro atoms. The second kappa shape index (κ2) is 7.81. The van der Waals surface area contributed by atoms with Gasteiger partial charge in [0, 0.05) is 31.9 Å².